The lowest BCUT2D eigenvalue weighted by Gasteiger charge is -2.11. The Bertz CT molecular complexity index is 902. The molecule has 148 valence electrons. The van der Waals surface area contributed by atoms with Crippen LogP contribution in [-0.2, 0) is 4.79 Å². The average molecular weight is 404 g/mol. The summed E-state index contributed by atoms with van der Waals surface area (Å²) in [5.74, 6) is 1.44. The number of rotatable bonds is 6. The van der Waals surface area contributed by atoms with Crippen molar-refractivity contribution in [1.82, 2.24) is 0 Å². The number of carbonyl (C=O) groups is 1. The molecular formula is C19H20N2O6S. The second-order valence-corrected chi connectivity index (χ2v) is 7.14. The van der Waals surface area contributed by atoms with Crippen LogP contribution in [0.3, 0.4) is 0 Å². The van der Waals surface area contributed by atoms with Crippen LogP contribution >= 0.6 is 11.8 Å². The van der Waals surface area contributed by atoms with Crippen molar-refractivity contribution in [1.29, 1.82) is 0 Å². The number of ether oxygens (including phenoxy) is 3. The van der Waals surface area contributed by atoms with Crippen LogP contribution in [0.15, 0.2) is 35.2 Å². The van der Waals surface area contributed by atoms with Gasteiger partial charge in [0.2, 0.25) is 5.91 Å². The lowest BCUT2D eigenvalue weighted by atomic mass is 10.1. The molecule has 0 saturated heterocycles. The minimum Gasteiger partial charge on any atom is -0.490 e. The third-order valence-electron chi connectivity index (χ3n) is 4.09. The van der Waals surface area contributed by atoms with Crippen LogP contribution in [0.4, 0.5) is 11.4 Å². The van der Waals surface area contributed by atoms with E-state index < -0.39 is 4.92 Å². The van der Waals surface area contributed by atoms with Crippen molar-refractivity contribution in [3.05, 3.63) is 46.0 Å². The number of thioether (sulfide) groups is 1. The molecule has 0 spiro atoms. The van der Waals surface area contributed by atoms with E-state index >= 15 is 0 Å². The van der Waals surface area contributed by atoms with Crippen LogP contribution in [0.2, 0.25) is 0 Å². The summed E-state index contributed by atoms with van der Waals surface area (Å²) in [4.78, 5) is 23.8. The summed E-state index contributed by atoms with van der Waals surface area (Å²) >= 11 is 1.36. The molecule has 0 aromatic heterocycles. The monoisotopic (exact) mass is 404 g/mol. The fourth-order valence-corrected chi connectivity index (χ4v) is 3.41. The second-order valence-electron chi connectivity index (χ2n) is 6.09. The van der Waals surface area contributed by atoms with Gasteiger partial charge in [0.05, 0.1) is 31.0 Å². The van der Waals surface area contributed by atoms with E-state index in [4.69, 9.17) is 14.2 Å². The van der Waals surface area contributed by atoms with Gasteiger partial charge >= 0.3 is 5.69 Å². The summed E-state index contributed by atoms with van der Waals surface area (Å²) in [6, 6.07) is 8.42. The maximum absolute atomic E-state index is 12.3. The van der Waals surface area contributed by atoms with Gasteiger partial charge in [-0.15, -0.1) is 11.8 Å². The molecule has 1 aliphatic heterocycles. The Morgan fingerprint density at radius 2 is 2.00 bits per heavy atom. The molecule has 3 rings (SSSR count). The number of anilines is 1. The Morgan fingerprint density at radius 1 is 1.25 bits per heavy atom. The van der Waals surface area contributed by atoms with Crippen LogP contribution in [0.25, 0.3) is 0 Å². The molecule has 2 aromatic carbocycles. The number of nitrogens with one attached hydrogen (secondary N) is 1. The average Bonchev–Trinajstić information content (AvgIpc) is 2.92. The number of amides is 1. The topological polar surface area (TPSA) is 99.9 Å². The number of hydrogen-bond acceptors (Lipinski definition) is 7. The SMILES string of the molecule is COc1cc(NC(=O)CSc2ccc3c(c2)OCCCO3)c(C)cc1[N+](=O)[O-]. The largest absolute Gasteiger partial charge is 0.490 e. The molecule has 0 bridgehead atoms. The second kappa shape index (κ2) is 8.83. The number of nitrogens with zero attached hydrogens (tertiary/aromatic N) is 1. The van der Waals surface area contributed by atoms with Crippen LogP contribution in [0.1, 0.15) is 12.0 Å². The summed E-state index contributed by atoms with van der Waals surface area (Å²) in [7, 11) is 1.35. The van der Waals surface area contributed by atoms with Crippen LogP contribution in [-0.4, -0.2) is 36.9 Å². The lowest BCUT2D eigenvalue weighted by molar-refractivity contribution is -0.385. The molecule has 1 heterocycles. The van der Waals surface area contributed by atoms with Gasteiger partial charge in [0.15, 0.2) is 17.2 Å². The number of fused-ring (bicyclic) bond motifs is 1. The molecule has 9 heteroatoms. The molecule has 0 fully saturated rings. The quantitative estimate of drug-likeness (QED) is 0.444. The summed E-state index contributed by atoms with van der Waals surface area (Å²) in [6.45, 7) is 2.92. The highest BCUT2D eigenvalue weighted by Crippen LogP contribution is 2.35. The normalized spacial score (nSPS) is 12.8. The van der Waals surface area contributed by atoms with E-state index in [0.717, 1.165) is 11.3 Å². The first kappa shape index (κ1) is 19.8. The van der Waals surface area contributed by atoms with Gasteiger partial charge in [-0.1, -0.05) is 0 Å². The highest BCUT2D eigenvalue weighted by molar-refractivity contribution is 8.00. The molecule has 8 nitrogen and oxygen atoms in total. The predicted molar refractivity (Wildman–Crippen MR) is 106 cm³/mol. The molecule has 1 N–H and O–H groups in total. The zero-order valence-electron chi connectivity index (χ0n) is 15.5. The lowest BCUT2D eigenvalue weighted by Crippen LogP contribution is -2.15. The molecule has 1 aliphatic rings. The fourth-order valence-electron chi connectivity index (χ4n) is 2.68. The molecule has 1 amide bonds. The van der Waals surface area contributed by atoms with Gasteiger partial charge in [-0.05, 0) is 30.7 Å². The molecule has 0 unspecified atom stereocenters. The Morgan fingerprint density at radius 3 is 2.71 bits per heavy atom. The number of nitro groups is 1. The molecule has 0 atom stereocenters. The van der Waals surface area contributed by atoms with Crippen molar-refractivity contribution in [2.75, 3.05) is 31.4 Å². The van der Waals surface area contributed by atoms with E-state index in [1.54, 1.807) is 6.92 Å². The van der Waals surface area contributed by atoms with Crippen LogP contribution in [0.5, 0.6) is 17.2 Å². The minimum absolute atomic E-state index is 0.0986. The van der Waals surface area contributed by atoms with E-state index in [-0.39, 0.29) is 23.1 Å². The van der Waals surface area contributed by atoms with Crippen molar-refractivity contribution in [2.45, 2.75) is 18.2 Å². The van der Waals surface area contributed by atoms with E-state index in [0.29, 0.717) is 36.0 Å². The van der Waals surface area contributed by atoms with Crippen molar-refractivity contribution < 1.29 is 23.9 Å². The van der Waals surface area contributed by atoms with E-state index in [9.17, 15) is 14.9 Å². The summed E-state index contributed by atoms with van der Waals surface area (Å²) in [6.07, 6.45) is 0.831. The van der Waals surface area contributed by atoms with E-state index in [1.807, 2.05) is 18.2 Å². The fraction of sp³-hybridized carbons (Fsp3) is 0.316. The zero-order valence-corrected chi connectivity index (χ0v) is 16.3. The Labute approximate surface area is 166 Å². The minimum atomic E-state index is -0.516. The summed E-state index contributed by atoms with van der Waals surface area (Å²) < 4.78 is 16.3. The third kappa shape index (κ3) is 4.66. The van der Waals surface area contributed by atoms with Gasteiger partial charge in [-0.25, -0.2) is 0 Å². The Balaban J connectivity index is 1.65. The number of nitro benzene ring substituents is 1. The molecular weight excluding hydrogens is 384 g/mol. The highest BCUT2D eigenvalue weighted by Gasteiger charge is 2.18. The number of methoxy groups -OCH3 is 1. The first-order chi connectivity index (χ1) is 13.5. The standard InChI is InChI=1S/C19H20N2O6S/c1-12-8-15(21(23)24)17(25-2)10-14(12)20-19(22)11-28-13-4-5-16-18(9-13)27-7-3-6-26-16/h4-5,8-10H,3,6-7,11H2,1-2H3,(H,20,22). The zero-order chi connectivity index (χ0) is 20.1. The number of hydrogen-bond donors (Lipinski definition) is 1. The number of carbonyl (C=O) groups excluding carboxylic acids is 1. The molecule has 28 heavy (non-hydrogen) atoms. The van der Waals surface area contributed by atoms with Crippen molar-refractivity contribution in [2.24, 2.45) is 0 Å². The van der Waals surface area contributed by atoms with Crippen LogP contribution in [0, 0.1) is 17.0 Å². The maximum atomic E-state index is 12.3. The first-order valence-corrected chi connectivity index (χ1v) is 9.62. The first-order valence-electron chi connectivity index (χ1n) is 8.63. The Kier molecular flexibility index (Phi) is 6.25. The van der Waals surface area contributed by atoms with Crippen molar-refractivity contribution in [3.8, 4) is 17.2 Å². The van der Waals surface area contributed by atoms with Crippen LogP contribution < -0.4 is 19.5 Å². The van der Waals surface area contributed by atoms with Gasteiger partial charge in [0.1, 0.15) is 0 Å². The highest BCUT2D eigenvalue weighted by atomic mass is 32.2. The van der Waals surface area contributed by atoms with E-state index in [2.05, 4.69) is 5.32 Å². The van der Waals surface area contributed by atoms with Gasteiger partial charge < -0.3 is 19.5 Å². The number of benzene rings is 2. The van der Waals surface area contributed by atoms with Gasteiger partial charge in [0, 0.05) is 29.1 Å². The van der Waals surface area contributed by atoms with Crippen molar-refractivity contribution in [3.63, 3.8) is 0 Å². The smallest absolute Gasteiger partial charge is 0.311 e. The Hall–Kier alpha value is -2.94. The molecule has 0 radical (unpaired) electrons. The van der Waals surface area contributed by atoms with E-state index in [1.165, 1.54) is 31.0 Å². The van der Waals surface area contributed by atoms with Gasteiger partial charge in [0.25, 0.3) is 0 Å². The number of aryl methyl sites for hydroxylation is 1. The predicted octanol–water partition coefficient (Wildman–Crippen LogP) is 3.80. The molecule has 2 aromatic rings. The van der Waals surface area contributed by atoms with Gasteiger partial charge in [-0.3, -0.25) is 14.9 Å². The third-order valence-corrected chi connectivity index (χ3v) is 5.08. The van der Waals surface area contributed by atoms with Gasteiger partial charge in [-0.2, -0.15) is 0 Å². The molecule has 0 saturated carbocycles. The summed E-state index contributed by atoms with van der Waals surface area (Å²) in [5, 5.41) is 13.8. The van der Waals surface area contributed by atoms with Crippen molar-refractivity contribution >= 4 is 29.0 Å². The molecule has 0 aliphatic carbocycles. The summed E-state index contributed by atoms with van der Waals surface area (Å²) in [5.41, 5.74) is 0.924. The maximum Gasteiger partial charge on any atom is 0.311 e.